The van der Waals surface area contributed by atoms with E-state index in [-0.39, 0.29) is 6.04 Å². The van der Waals surface area contributed by atoms with Gasteiger partial charge in [0.25, 0.3) is 0 Å². The van der Waals surface area contributed by atoms with Gasteiger partial charge in [0.2, 0.25) is 5.91 Å². The van der Waals surface area contributed by atoms with Crippen molar-refractivity contribution < 1.29 is 4.79 Å². The lowest BCUT2D eigenvalue weighted by Crippen LogP contribution is -2.45. The van der Waals surface area contributed by atoms with Crippen LogP contribution in [0.3, 0.4) is 0 Å². The molecule has 1 rings (SSSR count). The van der Waals surface area contributed by atoms with Gasteiger partial charge in [-0.15, -0.1) is 0 Å². The molecule has 0 aromatic carbocycles. The normalized spacial score (nSPS) is 27.3. The maximum absolute atomic E-state index is 10.6. The zero-order chi connectivity index (χ0) is 9.14. The Morgan fingerprint density at radius 3 is 2.75 bits per heavy atom. The first-order chi connectivity index (χ1) is 5.59. The van der Waals surface area contributed by atoms with Gasteiger partial charge in [-0.25, -0.2) is 0 Å². The summed E-state index contributed by atoms with van der Waals surface area (Å²) in [6, 6.07) is -0.333. The number of amides is 1. The van der Waals surface area contributed by atoms with Crippen LogP contribution >= 0.6 is 0 Å². The highest BCUT2D eigenvalue weighted by molar-refractivity contribution is 5.79. The molecule has 6 N–H and O–H groups in total. The van der Waals surface area contributed by atoms with E-state index in [0.29, 0.717) is 6.54 Å². The van der Waals surface area contributed by atoms with Crippen molar-refractivity contribution >= 4 is 5.91 Å². The van der Waals surface area contributed by atoms with E-state index in [2.05, 4.69) is 4.90 Å². The lowest BCUT2D eigenvalue weighted by Gasteiger charge is -2.17. The predicted molar refractivity (Wildman–Crippen MR) is 46.2 cm³/mol. The lowest BCUT2D eigenvalue weighted by atomic mass is 10.3. The SMILES string of the molecule is NC(=O)C(N)CN1CCC(N)C1. The molecule has 2 unspecified atom stereocenters. The highest BCUT2D eigenvalue weighted by Crippen LogP contribution is 2.06. The molecule has 0 aromatic heterocycles. The van der Waals surface area contributed by atoms with Gasteiger partial charge in [-0.3, -0.25) is 9.69 Å². The van der Waals surface area contributed by atoms with Gasteiger partial charge in [0.1, 0.15) is 0 Å². The third-order valence-electron chi connectivity index (χ3n) is 2.13. The third kappa shape index (κ3) is 2.44. The van der Waals surface area contributed by atoms with Crippen molar-refractivity contribution in [3.63, 3.8) is 0 Å². The number of nitrogens with two attached hydrogens (primary N) is 3. The molecular formula is C7H16N4O. The van der Waals surface area contributed by atoms with E-state index >= 15 is 0 Å². The van der Waals surface area contributed by atoms with Crippen LogP contribution in [0.1, 0.15) is 6.42 Å². The van der Waals surface area contributed by atoms with Gasteiger partial charge >= 0.3 is 0 Å². The molecule has 1 aliphatic rings. The van der Waals surface area contributed by atoms with E-state index in [4.69, 9.17) is 17.2 Å². The van der Waals surface area contributed by atoms with Crippen molar-refractivity contribution in [2.45, 2.75) is 18.5 Å². The molecule has 0 bridgehead atoms. The van der Waals surface area contributed by atoms with Crippen LogP contribution in [0.25, 0.3) is 0 Å². The van der Waals surface area contributed by atoms with Crippen molar-refractivity contribution in [2.24, 2.45) is 17.2 Å². The fraction of sp³-hybridized carbons (Fsp3) is 0.857. The van der Waals surface area contributed by atoms with Gasteiger partial charge in [-0.05, 0) is 13.0 Å². The molecule has 1 amide bonds. The third-order valence-corrected chi connectivity index (χ3v) is 2.13. The Bertz CT molecular complexity index is 173. The van der Waals surface area contributed by atoms with Crippen LogP contribution < -0.4 is 17.2 Å². The predicted octanol–water partition coefficient (Wildman–Crippen LogP) is -2.17. The van der Waals surface area contributed by atoms with E-state index in [1.807, 2.05) is 0 Å². The Labute approximate surface area is 71.9 Å². The zero-order valence-electron chi connectivity index (χ0n) is 7.07. The number of carbonyl (C=O) groups excluding carboxylic acids is 1. The summed E-state index contributed by atoms with van der Waals surface area (Å²) in [5.41, 5.74) is 16.2. The second-order valence-corrected chi connectivity index (χ2v) is 3.32. The molecule has 5 nitrogen and oxygen atoms in total. The quantitative estimate of drug-likeness (QED) is 0.451. The summed E-state index contributed by atoms with van der Waals surface area (Å²) < 4.78 is 0. The van der Waals surface area contributed by atoms with Gasteiger partial charge in [0, 0.05) is 19.1 Å². The fourth-order valence-corrected chi connectivity index (χ4v) is 1.40. The van der Waals surface area contributed by atoms with Gasteiger partial charge < -0.3 is 17.2 Å². The monoisotopic (exact) mass is 172 g/mol. The largest absolute Gasteiger partial charge is 0.368 e. The topological polar surface area (TPSA) is 98.4 Å². The molecule has 1 heterocycles. The van der Waals surface area contributed by atoms with E-state index in [9.17, 15) is 4.79 Å². The van der Waals surface area contributed by atoms with Crippen LogP contribution in [0.5, 0.6) is 0 Å². The Kier molecular flexibility index (Phi) is 3.02. The minimum atomic E-state index is -0.560. The summed E-state index contributed by atoms with van der Waals surface area (Å²) in [6.45, 7) is 2.27. The number of nitrogens with zero attached hydrogens (tertiary/aromatic N) is 1. The van der Waals surface area contributed by atoms with E-state index in [1.54, 1.807) is 0 Å². The minimum Gasteiger partial charge on any atom is -0.368 e. The summed E-state index contributed by atoms with van der Waals surface area (Å²) in [6.07, 6.45) is 0.978. The maximum Gasteiger partial charge on any atom is 0.235 e. The fourth-order valence-electron chi connectivity index (χ4n) is 1.40. The smallest absolute Gasteiger partial charge is 0.235 e. The Morgan fingerprint density at radius 2 is 2.33 bits per heavy atom. The molecule has 0 saturated carbocycles. The van der Waals surface area contributed by atoms with Crippen LogP contribution in [0.2, 0.25) is 0 Å². The molecule has 1 fully saturated rings. The summed E-state index contributed by atoms with van der Waals surface area (Å²) in [5, 5.41) is 0. The van der Waals surface area contributed by atoms with Gasteiger partial charge in [-0.2, -0.15) is 0 Å². The summed E-state index contributed by atoms with van der Waals surface area (Å²) in [4.78, 5) is 12.7. The molecule has 0 radical (unpaired) electrons. The van der Waals surface area contributed by atoms with E-state index in [1.165, 1.54) is 0 Å². The number of hydrogen-bond acceptors (Lipinski definition) is 4. The zero-order valence-corrected chi connectivity index (χ0v) is 7.07. The highest BCUT2D eigenvalue weighted by Gasteiger charge is 2.22. The van der Waals surface area contributed by atoms with E-state index < -0.39 is 11.9 Å². The average Bonchev–Trinajstić information content (AvgIpc) is 2.35. The number of hydrogen-bond donors (Lipinski definition) is 3. The molecule has 0 aromatic rings. The molecule has 0 aliphatic carbocycles. The first-order valence-electron chi connectivity index (χ1n) is 4.12. The molecule has 12 heavy (non-hydrogen) atoms. The van der Waals surface area contributed by atoms with Crippen molar-refractivity contribution in [3.05, 3.63) is 0 Å². The number of likely N-dealkylation sites (tertiary alicyclic amines) is 1. The minimum absolute atomic E-state index is 0.227. The second-order valence-electron chi connectivity index (χ2n) is 3.32. The standard InChI is InChI=1S/C7H16N4O/c8-5-1-2-11(3-5)4-6(9)7(10)12/h5-6H,1-4,8-9H2,(H2,10,12). The molecule has 1 saturated heterocycles. The second kappa shape index (κ2) is 3.84. The number of carbonyl (C=O) groups is 1. The average molecular weight is 172 g/mol. The molecule has 0 spiro atoms. The summed E-state index contributed by atoms with van der Waals surface area (Å²) in [5.74, 6) is -0.449. The van der Waals surface area contributed by atoms with Crippen LogP contribution in [-0.2, 0) is 4.79 Å². The Morgan fingerprint density at radius 1 is 1.67 bits per heavy atom. The van der Waals surface area contributed by atoms with Gasteiger partial charge in [0.15, 0.2) is 0 Å². The van der Waals surface area contributed by atoms with Crippen LogP contribution in [-0.4, -0.2) is 42.5 Å². The summed E-state index contributed by atoms with van der Waals surface area (Å²) in [7, 11) is 0. The maximum atomic E-state index is 10.6. The molecular weight excluding hydrogens is 156 g/mol. The first-order valence-corrected chi connectivity index (χ1v) is 4.12. The van der Waals surface area contributed by atoms with Crippen molar-refractivity contribution in [2.75, 3.05) is 19.6 Å². The first kappa shape index (κ1) is 9.44. The van der Waals surface area contributed by atoms with Gasteiger partial charge in [-0.1, -0.05) is 0 Å². The Hall–Kier alpha value is -0.650. The van der Waals surface area contributed by atoms with Crippen LogP contribution in [0.15, 0.2) is 0 Å². The Balaban J connectivity index is 2.27. The molecule has 5 heteroatoms. The van der Waals surface area contributed by atoms with Crippen LogP contribution in [0.4, 0.5) is 0 Å². The van der Waals surface area contributed by atoms with Crippen molar-refractivity contribution in [1.82, 2.24) is 4.90 Å². The van der Waals surface area contributed by atoms with Crippen molar-refractivity contribution in [3.8, 4) is 0 Å². The van der Waals surface area contributed by atoms with Crippen LogP contribution in [0, 0.1) is 0 Å². The number of primary amides is 1. The lowest BCUT2D eigenvalue weighted by molar-refractivity contribution is -0.119. The van der Waals surface area contributed by atoms with Crippen molar-refractivity contribution in [1.29, 1.82) is 0 Å². The summed E-state index contributed by atoms with van der Waals surface area (Å²) >= 11 is 0. The number of rotatable bonds is 3. The van der Waals surface area contributed by atoms with E-state index in [0.717, 1.165) is 19.5 Å². The molecule has 2 atom stereocenters. The van der Waals surface area contributed by atoms with Gasteiger partial charge in [0.05, 0.1) is 6.04 Å². The molecule has 70 valence electrons. The molecule has 1 aliphatic heterocycles. The highest BCUT2D eigenvalue weighted by atomic mass is 16.1.